The number of aryl methyl sites for hydroxylation is 2. The Hall–Kier alpha value is -0.410. The van der Waals surface area contributed by atoms with E-state index in [1.165, 1.54) is 10.6 Å². The summed E-state index contributed by atoms with van der Waals surface area (Å²) in [6.07, 6.45) is 0. The fourth-order valence-electron chi connectivity index (χ4n) is 1.03. The van der Waals surface area contributed by atoms with Gasteiger partial charge in [-0.2, -0.15) is 0 Å². The second-order valence-corrected chi connectivity index (χ2v) is 4.56. The Morgan fingerprint density at radius 1 is 1.42 bits per heavy atom. The third kappa shape index (κ3) is 2.57. The van der Waals surface area contributed by atoms with Crippen LogP contribution in [0.15, 0.2) is 0 Å². The molecule has 1 aromatic rings. The van der Waals surface area contributed by atoms with E-state index in [9.17, 15) is 0 Å². The molecule has 0 fully saturated rings. The van der Waals surface area contributed by atoms with Crippen LogP contribution in [-0.2, 0) is 6.54 Å². The van der Waals surface area contributed by atoms with Crippen LogP contribution in [0.3, 0.4) is 0 Å². The highest BCUT2D eigenvalue weighted by molar-refractivity contribution is 7.11. The third-order valence-corrected chi connectivity index (χ3v) is 2.74. The summed E-state index contributed by atoms with van der Waals surface area (Å²) < 4.78 is 0. The zero-order valence-corrected chi connectivity index (χ0v) is 8.96. The van der Waals surface area contributed by atoms with E-state index in [0.29, 0.717) is 6.04 Å². The van der Waals surface area contributed by atoms with Gasteiger partial charge in [-0.05, 0) is 13.8 Å². The smallest absolute Gasteiger partial charge is 0.0900 e. The summed E-state index contributed by atoms with van der Waals surface area (Å²) in [4.78, 5) is 5.73. The minimum Gasteiger partial charge on any atom is -0.310 e. The average molecular weight is 184 g/mol. The van der Waals surface area contributed by atoms with Gasteiger partial charge in [-0.1, -0.05) is 13.8 Å². The number of thiazole rings is 1. The maximum absolute atomic E-state index is 4.37. The number of rotatable bonds is 3. The predicted octanol–water partition coefficient (Wildman–Crippen LogP) is 2.26. The molecule has 1 heterocycles. The summed E-state index contributed by atoms with van der Waals surface area (Å²) in [5.41, 5.74) is 1.17. The predicted molar refractivity (Wildman–Crippen MR) is 53.6 cm³/mol. The summed E-state index contributed by atoms with van der Waals surface area (Å²) in [7, 11) is 0. The zero-order valence-electron chi connectivity index (χ0n) is 8.14. The summed E-state index contributed by atoms with van der Waals surface area (Å²) in [6, 6.07) is 0.548. The SMILES string of the molecule is Cc1nc(C)c(CNC(C)C)s1. The molecule has 0 aliphatic heterocycles. The molecule has 1 rings (SSSR count). The van der Waals surface area contributed by atoms with E-state index in [0.717, 1.165) is 11.6 Å². The monoisotopic (exact) mass is 184 g/mol. The van der Waals surface area contributed by atoms with E-state index in [4.69, 9.17) is 0 Å². The summed E-state index contributed by atoms with van der Waals surface area (Å²) in [5, 5.41) is 4.55. The summed E-state index contributed by atoms with van der Waals surface area (Å²) >= 11 is 1.78. The Morgan fingerprint density at radius 2 is 2.08 bits per heavy atom. The lowest BCUT2D eigenvalue weighted by Crippen LogP contribution is -2.21. The first-order valence-corrected chi connectivity index (χ1v) is 5.07. The third-order valence-electron chi connectivity index (χ3n) is 1.67. The Labute approximate surface area is 78.0 Å². The molecular weight excluding hydrogens is 168 g/mol. The lowest BCUT2D eigenvalue weighted by molar-refractivity contribution is 0.591. The van der Waals surface area contributed by atoms with Crippen LogP contribution in [0, 0.1) is 13.8 Å². The van der Waals surface area contributed by atoms with E-state index in [1.807, 2.05) is 0 Å². The lowest BCUT2D eigenvalue weighted by atomic mass is 10.3. The molecule has 0 aliphatic carbocycles. The lowest BCUT2D eigenvalue weighted by Gasteiger charge is -2.05. The summed E-state index contributed by atoms with van der Waals surface area (Å²) in [5.74, 6) is 0. The van der Waals surface area contributed by atoms with Gasteiger partial charge in [-0.15, -0.1) is 11.3 Å². The highest BCUT2D eigenvalue weighted by atomic mass is 32.1. The first kappa shape index (κ1) is 9.68. The molecule has 1 aromatic heterocycles. The maximum atomic E-state index is 4.37. The van der Waals surface area contributed by atoms with E-state index in [1.54, 1.807) is 11.3 Å². The average Bonchev–Trinajstić information content (AvgIpc) is 2.26. The fourth-order valence-corrected chi connectivity index (χ4v) is 1.92. The molecule has 0 saturated carbocycles. The van der Waals surface area contributed by atoms with Crippen LogP contribution in [0.1, 0.15) is 29.4 Å². The molecule has 0 unspecified atom stereocenters. The van der Waals surface area contributed by atoms with Crippen LogP contribution < -0.4 is 5.32 Å². The Morgan fingerprint density at radius 3 is 2.50 bits per heavy atom. The van der Waals surface area contributed by atoms with Crippen molar-refractivity contribution < 1.29 is 0 Å². The van der Waals surface area contributed by atoms with Gasteiger partial charge in [0.05, 0.1) is 10.7 Å². The number of aromatic nitrogens is 1. The molecule has 12 heavy (non-hydrogen) atoms. The van der Waals surface area contributed by atoms with Crippen molar-refractivity contribution in [2.75, 3.05) is 0 Å². The van der Waals surface area contributed by atoms with Gasteiger partial charge in [0.1, 0.15) is 0 Å². The second-order valence-electron chi connectivity index (χ2n) is 3.28. The first-order chi connectivity index (χ1) is 5.59. The van der Waals surface area contributed by atoms with Crippen molar-refractivity contribution in [3.8, 4) is 0 Å². The van der Waals surface area contributed by atoms with Crippen molar-refractivity contribution in [2.24, 2.45) is 0 Å². The number of hydrogen-bond donors (Lipinski definition) is 1. The van der Waals surface area contributed by atoms with E-state index < -0.39 is 0 Å². The Balaban J connectivity index is 2.57. The molecule has 0 aromatic carbocycles. The van der Waals surface area contributed by atoms with Gasteiger partial charge in [0.15, 0.2) is 0 Å². The Bertz CT molecular complexity index is 253. The molecule has 0 spiro atoms. The highest BCUT2D eigenvalue weighted by Crippen LogP contribution is 2.16. The van der Waals surface area contributed by atoms with Crippen molar-refractivity contribution in [2.45, 2.75) is 40.3 Å². The number of nitrogens with zero attached hydrogens (tertiary/aromatic N) is 1. The van der Waals surface area contributed by atoms with Gasteiger partial charge >= 0.3 is 0 Å². The molecule has 0 radical (unpaired) electrons. The van der Waals surface area contributed by atoms with Crippen LogP contribution >= 0.6 is 11.3 Å². The van der Waals surface area contributed by atoms with Gasteiger partial charge in [-0.25, -0.2) is 4.98 Å². The van der Waals surface area contributed by atoms with Gasteiger partial charge in [0.2, 0.25) is 0 Å². The summed E-state index contributed by atoms with van der Waals surface area (Å²) in [6.45, 7) is 9.39. The molecule has 0 saturated heterocycles. The highest BCUT2D eigenvalue weighted by Gasteiger charge is 2.04. The molecule has 3 heteroatoms. The van der Waals surface area contributed by atoms with E-state index >= 15 is 0 Å². The first-order valence-electron chi connectivity index (χ1n) is 4.26. The van der Waals surface area contributed by atoms with Crippen molar-refractivity contribution in [3.05, 3.63) is 15.6 Å². The van der Waals surface area contributed by atoms with Crippen LogP contribution in [-0.4, -0.2) is 11.0 Å². The standard InChI is InChI=1S/C9H16N2S/c1-6(2)10-5-9-7(3)11-8(4)12-9/h6,10H,5H2,1-4H3. The normalized spacial score (nSPS) is 11.1. The number of nitrogens with one attached hydrogen (secondary N) is 1. The van der Waals surface area contributed by atoms with Crippen LogP contribution in [0.2, 0.25) is 0 Å². The van der Waals surface area contributed by atoms with E-state index in [2.05, 4.69) is 38.0 Å². The van der Waals surface area contributed by atoms with Gasteiger partial charge < -0.3 is 5.32 Å². The van der Waals surface area contributed by atoms with Crippen molar-refractivity contribution in [1.82, 2.24) is 10.3 Å². The second kappa shape index (κ2) is 4.01. The molecule has 2 nitrogen and oxygen atoms in total. The van der Waals surface area contributed by atoms with Crippen molar-refractivity contribution in [1.29, 1.82) is 0 Å². The van der Waals surface area contributed by atoms with Crippen LogP contribution in [0.4, 0.5) is 0 Å². The minimum atomic E-state index is 0.548. The topological polar surface area (TPSA) is 24.9 Å². The fraction of sp³-hybridized carbons (Fsp3) is 0.667. The molecule has 0 amide bonds. The molecule has 1 N–H and O–H groups in total. The zero-order chi connectivity index (χ0) is 9.14. The van der Waals surface area contributed by atoms with Gasteiger partial charge in [0.25, 0.3) is 0 Å². The van der Waals surface area contributed by atoms with Gasteiger partial charge in [-0.3, -0.25) is 0 Å². The molecule has 68 valence electrons. The van der Waals surface area contributed by atoms with Crippen molar-refractivity contribution >= 4 is 11.3 Å². The van der Waals surface area contributed by atoms with E-state index in [-0.39, 0.29) is 0 Å². The largest absolute Gasteiger partial charge is 0.310 e. The molecular formula is C9H16N2S. The quantitative estimate of drug-likeness (QED) is 0.779. The number of hydrogen-bond acceptors (Lipinski definition) is 3. The minimum absolute atomic E-state index is 0.548. The maximum Gasteiger partial charge on any atom is 0.0900 e. The van der Waals surface area contributed by atoms with Crippen LogP contribution in [0.25, 0.3) is 0 Å². The van der Waals surface area contributed by atoms with Crippen LogP contribution in [0.5, 0.6) is 0 Å². The van der Waals surface area contributed by atoms with Crippen molar-refractivity contribution in [3.63, 3.8) is 0 Å². The Kier molecular flexibility index (Phi) is 3.23. The molecule has 0 aliphatic rings. The molecule has 0 atom stereocenters. The molecule has 0 bridgehead atoms. The van der Waals surface area contributed by atoms with Gasteiger partial charge in [0, 0.05) is 17.5 Å².